The fourth-order valence-electron chi connectivity index (χ4n) is 2.62. The van der Waals surface area contributed by atoms with Crippen LogP contribution in [-0.2, 0) is 16.8 Å². The Morgan fingerprint density at radius 3 is 2.76 bits per heavy atom. The molecular weight excluding hydrogens is 264 g/mol. The number of nitrogens with zero attached hydrogens (tertiary/aromatic N) is 3. The Morgan fingerprint density at radius 2 is 2.10 bits per heavy atom. The monoisotopic (exact) mass is 284 g/mol. The quantitative estimate of drug-likeness (QED) is 0.845. The van der Waals surface area contributed by atoms with E-state index in [4.69, 9.17) is 0 Å². The highest BCUT2D eigenvalue weighted by Gasteiger charge is 2.44. The third kappa shape index (κ3) is 3.48. The third-order valence-corrected chi connectivity index (χ3v) is 4.12. The summed E-state index contributed by atoms with van der Waals surface area (Å²) < 4.78 is 1.75. The molecule has 3 rings (SSSR count). The highest BCUT2D eigenvalue weighted by atomic mass is 16.1. The van der Waals surface area contributed by atoms with Gasteiger partial charge in [0.15, 0.2) is 0 Å². The fraction of sp³-hybridized carbons (Fsp3) is 0.438. The van der Waals surface area contributed by atoms with E-state index in [1.54, 1.807) is 11.0 Å². The van der Waals surface area contributed by atoms with Crippen LogP contribution in [0.4, 0.5) is 0 Å². The maximum absolute atomic E-state index is 11.9. The smallest absolute Gasteiger partial charge is 0.220 e. The Bertz CT molecular complexity index is 576. The zero-order valence-electron chi connectivity index (χ0n) is 12.0. The minimum absolute atomic E-state index is 0.123. The van der Waals surface area contributed by atoms with Gasteiger partial charge >= 0.3 is 0 Å². The van der Waals surface area contributed by atoms with Crippen LogP contribution in [0.1, 0.15) is 31.2 Å². The molecule has 1 amide bonds. The molecule has 5 heteroatoms. The van der Waals surface area contributed by atoms with Crippen LogP contribution in [0.25, 0.3) is 0 Å². The summed E-state index contributed by atoms with van der Waals surface area (Å²) in [5.41, 5.74) is 1.52. The van der Waals surface area contributed by atoms with E-state index in [9.17, 15) is 4.79 Å². The van der Waals surface area contributed by atoms with Crippen molar-refractivity contribution in [2.24, 2.45) is 0 Å². The lowest BCUT2D eigenvalue weighted by Crippen LogP contribution is -2.32. The van der Waals surface area contributed by atoms with Crippen LogP contribution in [0.15, 0.2) is 43.0 Å². The topological polar surface area (TPSA) is 59.8 Å². The van der Waals surface area contributed by atoms with Crippen LogP contribution in [-0.4, -0.2) is 27.2 Å². The van der Waals surface area contributed by atoms with Crippen LogP contribution in [0.2, 0.25) is 0 Å². The van der Waals surface area contributed by atoms with Gasteiger partial charge in [0, 0.05) is 24.9 Å². The Balaban J connectivity index is 1.42. The van der Waals surface area contributed by atoms with E-state index in [1.807, 2.05) is 6.07 Å². The first kappa shape index (κ1) is 13.8. The van der Waals surface area contributed by atoms with Gasteiger partial charge in [-0.3, -0.25) is 9.48 Å². The van der Waals surface area contributed by atoms with Crippen molar-refractivity contribution in [2.75, 3.05) is 6.54 Å². The van der Waals surface area contributed by atoms with Gasteiger partial charge in [-0.2, -0.15) is 5.10 Å². The predicted molar refractivity (Wildman–Crippen MR) is 79.6 cm³/mol. The number of rotatable bonds is 7. The molecule has 0 spiro atoms. The first-order valence-corrected chi connectivity index (χ1v) is 7.43. The van der Waals surface area contributed by atoms with Crippen LogP contribution in [0.5, 0.6) is 0 Å². The number of aromatic nitrogens is 3. The molecule has 1 aromatic carbocycles. The molecule has 0 bridgehead atoms. The van der Waals surface area contributed by atoms with Gasteiger partial charge < -0.3 is 5.32 Å². The van der Waals surface area contributed by atoms with Gasteiger partial charge in [-0.25, -0.2) is 4.98 Å². The summed E-state index contributed by atoms with van der Waals surface area (Å²) in [5.74, 6) is 0.123. The van der Waals surface area contributed by atoms with Gasteiger partial charge in [-0.05, 0) is 24.8 Å². The molecule has 1 aromatic heterocycles. The number of hydrogen-bond donors (Lipinski definition) is 1. The average Bonchev–Trinajstić information content (AvgIpc) is 3.14. The lowest BCUT2D eigenvalue weighted by Gasteiger charge is -2.16. The largest absolute Gasteiger partial charge is 0.355 e. The number of amides is 1. The van der Waals surface area contributed by atoms with E-state index in [1.165, 1.54) is 11.9 Å². The van der Waals surface area contributed by atoms with Gasteiger partial charge in [0.05, 0.1) is 0 Å². The second kappa shape index (κ2) is 6.08. The molecule has 1 N–H and O–H groups in total. The maximum atomic E-state index is 11.9. The average molecular weight is 284 g/mol. The summed E-state index contributed by atoms with van der Waals surface area (Å²) in [6.07, 6.45) is 6.83. The number of nitrogens with one attached hydrogen (secondary N) is 1. The molecule has 1 saturated carbocycles. The standard InChI is InChI=1S/C16H20N4O/c21-15(7-4-10-20-13-17-12-19-20)18-11-16(8-9-16)14-5-2-1-3-6-14/h1-3,5-6,12-13H,4,7-11H2,(H,18,21). The molecule has 1 aliphatic rings. The highest BCUT2D eigenvalue weighted by molar-refractivity contribution is 5.76. The van der Waals surface area contributed by atoms with Gasteiger partial charge in [-0.1, -0.05) is 30.3 Å². The molecule has 1 heterocycles. The zero-order valence-corrected chi connectivity index (χ0v) is 12.0. The van der Waals surface area contributed by atoms with Crippen molar-refractivity contribution in [1.82, 2.24) is 20.1 Å². The summed E-state index contributed by atoms with van der Waals surface area (Å²) in [5, 5.41) is 7.10. The zero-order chi connectivity index (χ0) is 14.5. The molecule has 1 fully saturated rings. The molecular formula is C16H20N4O. The van der Waals surface area contributed by atoms with Gasteiger partial charge in [0.25, 0.3) is 0 Å². The summed E-state index contributed by atoms with van der Waals surface area (Å²) in [6.45, 7) is 1.48. The Kier molecular flexibility index (Phi) is 3.99. The molecule has 21 heavy (non-hydrogen) atoms. The Morgan fingerprint density at radius 1 is 1.29 bits per heavy atom. The third-order valence-electron chi connectivity index (χ3n) is 4.12. The molecule has 110 valence electrons. The van der Waals surface area contributed by atoms with Crippen molar-refractivity contribution in [2.45, 2.75) is 37.6 Å². The summed E-state index contributed by atoms with van der Waals surface area (Å²) in [4.78, 5) is 15.8. The van der Waals surface area contributed by atoms with Crippen molar-refractivity contribution in [1.29, 1.82) is 0 Å². The van der Waals surface area contributed by atoms with Crippen LogP contribution in [0.3, 0.4) is 0 Å². The second-order valence-electron chi connectivity index (χ2n) is 5.69. The molecule has 0 saturated heterocycles. The van der Waals surface area contributed by atoms with Crippen molar-refractivity contribution in [3.63, 3.8) is 0 Å². The van der Waals surface area contributed by atoms with Crippen molar-refractivity contribution >= 4 is 5.91 Å². The number of hydrogen-bond acceptors (Lipinski definition) is 3. The van der Waals surface area contributed by atoms with Crippen LogP contribution < -0.4 is 5.32 Å². The molecule has 0 atom stereocenters. The van der Waals surface area contributed by atoms with E-state index in [0.29, 0.717) is 6.42 Å². The van der Waals surface area contributed by atoms with E-state index in [2.05, 4.69) is 39.7 Å². The van der Waals surface area contributed by atoms with Crippen LogP contribution >= 0.6 is 0 Å². The number of carbonyl (C=O) groups is 1. The van der Waals surface area contributed by atoms with Crippen molar-refractivity contribution in [3.05, 3.63) is 48.5 Å². The summed E-state index contributed by atoms with van der Waals surface area (Å²) in [6, 6.07) is 10.5. The first-order chi connectivity index (χ1) is 10.3. The van der Waals surface area contributed by atoms with Crippen molar-refractivity contribution in [3.8, 4) is 0 Å². The minimum atomic E-state index is 0.123. The summed E-state index contributed by atoms with van der Waals surface area (Å²) in [7, 11) is 0. The maximum Gasteiger partial charge on any atom is 0.220 e. The van der Waals surface area contributed by atoms with Gasteiger partial charge in [-0.15, -0.1) is 0 Å². The lowest BCUT2D eigenvalue weighted by atomic mass is 9.96. The lowest BCUT2D eigenvalue weighted by molar-refractivity contribution is -0.121. The van der Waals surface area contributed by atoms with Crippen molar-refractivity contribution < 1.29 is 4.79 Å². The normalized spacial score (nSPS) is 15.6. The SMILES string of the molecule is O=C(CCCn1cncn1)NCC1(c2ccccc2)CC1. The van der Waals surface area contributed by atoms with E-state index < -0.39 is 0 Å². The molecule has 2 aromatic rings. The predicted octanol–water partition coefficient (Wildman–Crippen LogP) is 1.91. The number of carbonyl (C=O) groups excluding carboxylic acids is 1. The fourth-order valence-corrected chi connectivity index (χ4v) is 2.62. The molecule has 0 unspecified atom stereocenters. The van der Waals surface area contributed by atoms with E-state index in [-0.39, 0.29) is 11.3 Å². The number of benzene rings is 1. The molecule has 5 nitrogen and oxygen atoms in total. The number of aryl methyl sites for hydroxylation is 1. The van der Waals surface area contributed by atoms with Gasteiger partial charge in [0.1, 0.15) is 12.7 Å². The second-order valence-corrected chi connectivity index (χ2v) is 5.69. The Labute approximate surface area is 124 Å². The molecule has 0 radical (unpaired) electrons. The summed E-state index contributed by atoms with van der Waals surface area (Å²) >= 11 is 0. The Hall–Kier alpha value is -2.17. The van der Waals surface area contributed by atoms with E-state index >= 15 is 0 Å². The first-order valence-electron chi connectivity index (χ1n) is 7.43. The highest BCUT2D eigenvalue weighted by Crippen LogP contribution is 2.47. The molecule has 0 aliphatic heterocycles. The minimum Gasteiger partial charge on any atom is -0.355 e. The van der Waals surface area contributed by atoms with Gasteiger partial charge in [0.2, 0.25) is 5.91 Å². The molecule has 1 aliphatic carbocycles. The van der Waals surface area contributed by atoms with Crippen LogP contribution in [0, 0.1) is 0 Å². The van der Waals surface area contributed by atoms with E-state index in [0.717, 1.165) is 32.4 Å².